The summed E-state index contributed by atoms with van der Waals surface area (Å²) >= 11 is 3.33. The normalized spacial score (nSPS) is 29.3. The Morgan fingerprint density at radius 3 is 2.50 bits per heavy atom. The number of hydrogen-bond donors (Lipinski definition) is 0. The average Bonchev–Trinajstić information content (AvgIpc) is 3.25. The van der Waals surface area contributed by atoms with E-state index in [1.807, 2.05) is 11.0 Å². The van der Waals surface area contributed by atoms with Crippen LogP contribution in [0.25, 0.3) is 0 Å². The van der Waals surface area contributed by atoms with E-state index in [1.54, 1.807) is 18.2 Å². The quantitative estimate of drug-likeness (QED) is 0.722. The maximum atomic E-state index is 12.8. The summed E-state index contributed by atoms with van der Waals surface area (Å²) in [5.41, 5.74) is 0. The Kier molecular flexibility index (Phi) is 5.14. The molecule has 3 fully saturated rings. The van der Waals surface area contributed by atoms with E-state index >= 15 is 0 Å². The van der Waals surface area contributed by atoms with Gasteiger partial charge in [-0.25, -0.2) is 8.42 Å². The summed E-state index contributed by atoms with van der Waals surface area (Å²) in [6.45, 7) is 1.73. The molecule has 0 spiro atoms. The van der Waals surface area contributed by atoms with E-state index in [0.717, 1.165) is 16.3 Å². The minimum atomic E-state index is -3.50. The summed E-state index contributed by atoms with van der Waals surface area (Å²) in [5, 5.41) is 0. The first-order valence-electron chi connectivity index (χ1n) is 9.47. The van der Waals surface area contributed by atoms with E-state index in [1.165, 1.54) is 30.0 Å². The molecule has 1 aromatic carbocycles. The maximum absolute atomic E-state index is 12.8. The number of hydrogen-bond acceptors (Lipinski definition) is 3. The van der Waals surface area contributed by atoms with Gasteiger partial charge in [0.2, 0.25) is 15.9 Å². The number of carbonyl (C=O) groups is 1. The SMILES string of the molecule is O=C(CC1CC2CCC1C2)N1CCN(S(=O)(=O)c2cccc(Br)c2)CC1. The van der Waals surface area contributed by atoms with Gasteiger partial charge in [0.25, 0.3) is 0 Å². The first kappa shape index (κ1) is 18.4. The fourth-order valence-corrected chi connectivity index (χ4v) is 6.95. The topological polar surface area (TPSA) is 57.7 Å². The van der Waals surface area contributed by atoms with Crippen molar-refractivity contribution in [2.24, 2.45) is 17.8 Å². The number of piperazine rings is 1. The van der Waals surface area contributed by atoms with Gasteiger partial charge in [0.05, 0.1) is 4.90 Å². The van der Waals surface area contributed by atoms with Gasteiger partial charge < -0.3 is 4.90 Å². The van der Waals surface area contributed by atoms with Crippen LogP contribution >= 0.6 is 15.9 Å². The van der Waals surface area contributed by atoms with E-state index < -0.39 is 10.0 Å². The Morgan fingerprint density at radius 2 is 1.88 bits per heavy atom. The van der Waals surface area contributed by atoms with Crippen LogP contribution in [0.2, 0.25) is 0 Å². The van der Waals surface area contributed by atoms with Crippen molar-refractivity contribution in [2.45, 2.75) is 37.0 Å². The van der Waals surface area contributed by atoms with Gasteiger partial charge >= 0.3 is 0 Å². The molecule has 1 amide bonds. The number of benzene rings is 1. The average molecular weight is 441 g/mol. The highest BCUT2D eigenvalue weighted by Crippen LogP contribution is 2.49. The zero-order valence-electron chi connectivity index (χ0n) is 14.8. The van der Waals surface area contributed by atoms with Gasteiger partial charge in [-0.3, -0.25) is 4.79 Å². The van der Waals surface area contributed by atoms with Crippen molar-refractivity contribution < 1.29 is 13.2 Å². The Bertz CT molecular complexity index is 790. The van der Waals surface area contributed by atoms with E-state index in [2.05, 4.69) is 15.9 Å². The Hall–Kier alpha value is -0.920. The molecule has 0 aromatic heterocycles. The molecule has 7 heteroatoms. The molecule has 2 aliphatic carbocycles. The second kappa shape index (κ2) is 7.24. The summed E-state index contributed by atoms with van der Waals surface area (Å²) in [4.78, 5) is 14.8. The van der Waals surface area contributed by atoms with Crippen LogP contribution in [-0.4, -0.2) is 49.7 Å². The van der Waals surface area contributed by atoms with Crippen molar-refractivity contribution >= 4 is 31.9 Å². The summed E-state index contributed by atoms with van der Waals surface area (Å²) in [6, 6.07) is 6.78. The summed E-state index contributed by atoms with van der Waals surface area (Å²) < 4.78 is 27.8. The lowest BCUT2D eigenvalue weighted by Crippen LogP contribution is -2.50. The van der Waals surface area contributed by atoms with E-state index in [-0.39, 0.29) is 5.91 Å². The smallest absolute Gasteiger partial charge is 0.243 e. The fraction of sp³-hybridized carbons (Fsp3) is 0.632. The molecule has 0 radical (unpaired) electrons. The largest absolute Gasteiger partial charge is 0.340 e. The van der Waals surface area contributed by atoms with Gasteiger partial charge in [-0.1, -0.05) is 28.4 Å². The molecule has 3 aliphatic rings. The molecule has 0 N–H and O–H groups in total. The molecule has 1 aromatic rings. The highest BCUT2D eigenvalue weighted by Gasteiger charge is 2.41. The van der Waals surface area contributed by atoms with Crippen LogP contribution in [0.15, 0.2) is 33.6 Å². The Labute approximate surface area is 163 Å². The summed E-state index contributed by atoms with van der Waals surface area (Å²) in [5.74, 6) is 2.37. The summed E-state index contributed by atoms with van der Waals surface area (Å²) in [7, 11) is -3.50. The number of halogens is 1. The molecule has 1 saturated heterocycles. The third kappa shape index (κ3) is 3.58. The fourth-order valence-electron chi connectivity index (χ4n) is 4.93. The molecule has 2 bridgehead atoms. The van der Waals surface area contributed by atoms with Crippen molar-refractivity contribution in [3.63, 3.8) is 0 Å². The van der Waals surface area contributed by atoms with Gasteiger partial charge in [-0.2, -0.15) is 4.31 Å². The molecule has 3 unspecified atom stereocenters. The van der Waals surface area contributed by atoms with E-state index in [9.17, 15) is 13.2 Å². The molecule has 2 saturated carbocycles. The van der Waals surface area contributed by atoms with Crippen LogP contribution in [0.1, 0.15) is 32.1 Å². The van der Waals surface area contributed by atoms with Crippen molar-refractivity contribution in [3.8, 4) is 0 Å². The van der Waals surface area contributed by atoms with Crippen LogP contribution < -0.4 is 0 Å². The number of sulfonamides is 1. The molecular formula is C19H25BrN2O3S. The molecule has 1 heterocycles. The standard InChI is InChI=1S/C19H25BrN2O3S/c20-17-2-1-3-18(13-17)26(24,25)22-8-6-21(7-9-22)19(23)12-16-11-14-4-5-15(16)10-14/h1-3,13-16H,4-12H2. The van der Waals surface area contributed by atoms with E-state index in [4.69, 9.17) is 0 Å². The van der Waals surface area contributed by atoms with Crippen molar-refractivity contribution in [1.82, 2.24) is 9.21 Å². The second-order valence-corrected chi connectivity index (χ2v) is 10.7. The lowest BCUT2D eigenvalue weighted by Gasteiger charge is -2.35. The van der Waals surface area contributed by atoms with Crippen LogP contribution in [0.5, 0.6) is 0 Å². The van der Waals surface area contributed by atoms with Crippen LogP contribution in [-0.2, 0) is 14.8 Å². The monoisotopic (exact) mass is 440 g/mol. The second-order valence-electron chi connectivity index (χ2n) is 7.88. The van der Waals surface area contributed by atoms with Gasteiger partial charge in [0, 0.05) is 37.1 Å². The number of nitrogens with zero attached hydrogens (tertiary/aromatic N) is 2. The minimum Gasteiger partial charge on any atom is -0.340 e. The lowest BCUT2D eigenvalue weighted by atomic mass is 9.86. The molecule has 4 rings (SSSR count). The molecule has 3 atom stereocenters. The number of carbonyl (C=O) groups excluding carboxylic acids is 1. The predicted molar refractivity (Wildman–Crippen MR) is 103 cm³/mol. The minimum absolute atomic E-state index is 0.210. The third-order valence-electron chi connectivity index (χ3n) is 6.35. The van der Waals surface area contributed by atoms with Crippen LogP contribution in [0.4, 0.5) is 0 Å². The lowest BCUT2D eigenvalue weighted by molar-refractivity contribution is -0.133. The van der Waals surface area contributed by atoms with E-state index in [0.29, 0.717) is 43.4 Å². The van der Waals surface area contributed by atoms with Gasteiger partial charge in [-0.15, -0.1) is 0 Å². The molecule has 26 heavy (non-hydrogen) atoms. The van der Waals surface area contributed by atoms with Crippen molar-refractivity contribution in [1.29, 1.82) is 0 Å². The number of amides is 1. The first-order valence-corrected chi connectivity index (χ1v) is 11.7. The molecule has 5 nitrogen and oxygen atoms in total. The van der Waals surface area contributed by atoms with Crippen molar-refractivity contribution in [2.75, 3.05) is 26.2 Å². The van der Waals surface area contributed by atoms with Gasteiger partial charge in [-0.05, 0) is 55.2 Å². The molecular weight excluding hydrogens is 416 g/mol. The number of rotatable bonds is 4. The number of fused-ring (bicyclic) bond motifs is 2. The molecule has 1 aliphatic heterocycles. The van der Waals surface area contributed by atoms with Gasteiger partial charge in [0.1, 0.15) is 0 Å². The highest BCUT2D eigenvalue weighted by molar-refractivity contribution is 9.10. The van der Waals surface area contributed by atoms with Crippen molar-refractivity contribution in [3.05, 3.63) is 28.7 Å². The Balaban J connectivity index is 1.34. The van der Waals surface area contributed by atoms with Crippen LogP contribution in [0.3, 0.4) is 0 Å². The molecule has 142 valence electrons. The summed E-state index contributed by atoms with van der Waals surface area (Å²) in [6.07, 6.45) is 5.83. The highest BCUT2D eigenvalue weighted by atomic mass is 79.9. The zero-order valence-corrected chi connectivity index (χ0v) is 17.2. The third-order valence-corrected chi connectivity index (χ3v) is 8.73. The van der Waals surface area contributed by atoms with Gasteiger partial charge in [0.15, 0.2) is 0 Å². The Morgan fingerprint density at radius 1 is 1.12 bits per heavy atom. The van der Waals surface area contributed by atoms with Crippen LogP contribution in [0, 0.1) is 17.8 Å². The predicted octanol–water partition coefficient (Wildman–Crippen LogP) is 3.11. The first-order chi connectivity index (χ1) is 12.4. The zero-order chi connectivity index (χ0) is 18.3. The maximum Gasteiger partial charge on any atom is 0.243 e.